The summed E-state index contributed by atoms with van der Waals surface area (Å²) in [6.07, 6.45) is 3.04. The summed E-state index contributed by atoms with van der Waals surface area (Å²) in [5, 5.41) is 0. The minimum atomic E-state index is -3.30. The van der Waals surface area contributed by atoms with Crippen molar-refractivity contribution in [2.75, 3.05) is 24.1 Å². The van der Waals surface area contributed by atoms with Gasteiger partial charge in [0.25, 0.3) is 0 Å². The fraction of sp³-hybridized carbons (Fsp3) is 0.409. The van der Waals surface area contributed by atoms with Crippen molar-refractivity contribution in [3.8, 4) is 0 Å². The Morgan fingerprint density at radius 1 is 1.07 bits per heavy atom. The van der Waals surface area contributed by atoms with Crippen molar-refractivity contribution in [1.29, 1.82) is 0 Å². The molecule has 7 heteroatoms. The molecule has 29 heavy (non-hydrogen) atoms. The number of amides is 1. The number of hydrogen-bond acceptors (Lipinski definition) is 4. The van der Waals surface area contributed by atoms with Gasteiger partial charge in [-0.3, -0.25) is 4.72 Å². The largest absolute Gasteiger partial charge is 0.445 e. The quantitative estimate of drug-likeness (QED) is 0.807. The molecule has 1 saturated carbocycles. The van der Waals surface area contributed by atoms with Crippen LogP contribution >= 0.6 is 0 Å². The van der Waals surface area contributed by atoms with E-state index in [0.29, 0.717) is 36.5 Å². The van der Waals surface area contributed by atoms with Crippen molar-refractivity contribution in [2.45, 2.75) is 25.4 Å². The molecule has 0 spiro atoms. The molecule has 2 aromatic rings. The smallest absolute Gasteiger partial charge is 0.410 e. The molecule has 1 N–H and O–H groups in total. The van der Waals surface area contributed by atoms with Gasteiger partial charge in [-0.05, 0) is 53.9 Å². The number of ether oxygens (including phenoxy) is 1. The molecular formula is C22H26N2O4S. The van der Waals surface area contributed by atoms with E-state index in [-0.39, 0.29) is 12.7 Å². The van der Waals surface area contributed by atoms with E-state index < -0.39 is 10.0 Å². The highest BCUT2D eigenvalue weighted by Crippen LogP contribution is 2.48. The minimum Gasteiger partial charge on any atom is -0.445 e. The molecule has 1 saturated heterocycles. The first-order valence-electron chi connectivity index (χ1n) is 9.92. The maximum absolute atomic E-state index is 12.6. The third kappa shape index (κ3) is 4.72. The molecule has 2 aliphatic rings. The van der Waals surface area contributed by atoms with Crippen molar-refractivity contribution in [3.05, 3.63) is 65.7 Å². The van der Waals surface area contributed by atoms with Crippen LogP contribution in [0.3, 0.4) is 0 Å². The normalized spacial score (nSPS) is 23.6. The van der Waals surface area contributed by atoms with Gasteiger partial charge in [0.05, 0.1) is 6.26 Å². The average molecular weight is 415 g/mol. The lowest BCUT2D eigenvalue weighted by atomic mass is 9.80. The summed E-state index contributed by atoms with van der Waals surface area (Å²) in [5.41, 5.74) is 2.71. The van der Waals surface area contributed by atoms with Gasteiger partial charge in [0.15, 0.2) is 0 Å². The van der Waals surface area contributed by atoms with E-state index in [0.717, 1.165) is 30.2 Å². The topological polar surface area (TPSA) is 75.7 Å². The van der Waals surface area contributed by atoms with Gasteiger partial charge in [0.2, 0.25) is 10.0 Å². The molecule has 2 bridgehead atoms. The van der Waals surface area contributed by atoms with Crippen LogP contribution in [0, 0.1) is 11.8 Å². The number of likely N-dealkylation sites (tertiary alicyclic amines) is 1. The van der Waals surface area contributed by atoms with E-state index in [2.05, 4.69) is 10.8 Å². The summed E-state index contributed by atoms with van der Waals surface area (Å²) in [5.74, 6) is 1.08. The van der Waals surface area contributed by atoms with E-state index >= 15 is 0 Å². The van der Waals surface area contributed by atoms with Gasteiger partial charge in [0.1, 0.15) is 6.61 Å². The fourth-order valence-corrected chi connectivity index (χ4v) is 5.31. The minimum absolute atomic E-state index is 0.253. The van der Waals surface area contributed by atoms with Gasteiger partial charge in [-0.1, -0.05) is 42.5 Å². The monoisotopic (exact) mass is 414 g/mol. The Hall–Kier alpha value is -2.54. The van der Waals surface area contributed by atoms with Crippen LogP contribution in [-0.4, -0.2) is 38.8 Å². The Balaban J connectivity index is 1.41. The van der Waals surface area contributed by atoms with E-state index in [1.54, 1.807) is 6.07 Å². The van der Waals surface area contributed by atoms with Gasteiger partial charge in [-0.25, -0.2) is 13.2 Å². The molecular weight excluding hydrogens is 388 g/mol. The van der Waals surface area contributed by atoms with Gasteiger partial charge >= 0.3 is 6.09 Å². The third-order valence-electron chi connectivity index (χ3n) is 5.87. The Morgan fingerprint density at radius 2 is 1.76 bits per heavy atom. The number of nitrogens with one attached hydrogen (secondary N) is 1. The molecule has 2 fully saturated rings. The van der Waals surface area contributed by atoms with Crippen molar-refractivity contribution in [2.24, 2.45) is 11.8 Å². The number of sulfonamides is 1. The molecule has 0 radical (unpaired) electrons. The van der Waals surface area contributed by atoms with E-state index in [9.17, 15) is 13.2 Å². The fourth-order valence-electron chi connectivity index (χ4n) is 4.75. The Morgan fingerprint density at radius 3 is 2.41 bits per heavy atom. The lowest BCUT2D eigenvalue weighted by Gasteiger charge is -2.37. The first kappa shape index (κ1) is 19.8. The number of hydrogen-bond donors (Lipinski definition) is 1. The number of carbonyl (C=O) groups excluding carboxylic acids is 1. The summed E-state index contributed by atoms with van der Waals surface area (Å²) in [7, 11) is -3.30. The zero-order valence-corrected chi connectivity index (χ0v) is 17.3. The Bertz CT molecular complexity index is 963. The van der Waals surface area contributed by atoms with Crippen molar-refractivity contribution < 1.29 is 17.9 Å². The third-order valence-corrected chi connectivity index (χ3v) is 6.48. The Kier molecular flexibility index (Phi) is 5.50. The molecule has 154 valence electrons. The molecule has 0 aromatic heterocycles. The van der Waals surface area contributed by atoms with Crippen LogP contribution in [0.2, 0.25) is 0 Å². The Labute approximate surface area is 171 Å². The van der Waals surface area contributed by atoms with Crippen LogP contribution in [0.25, 0.3) is 0 Å². The summed E-state index contributed by atoms with van der Waals surface area (Å²) in [6.45, 7) is 1.64. The van der Waals surface area contributed by atoms with Crippen LogP contribution in [0.4, 0.5) is 10.5 Å². The number of fused-ring (bicyclic) bond motifs is 2. The summed E-state index contributed by atoms with van der Waals surface area (Å²) in [6, 6.07) is 17.3. The van der Waals surface area contributed by atoms with Crippen LogP contribution in [0.1, 0.15) is 29.9 Å². The SMILES string of the molecule is CS(=O)(=O)Nc1cccc(C2C3CCC2CN(C(=O)OCc2ccccc2)C3)c1. The maximum Gasteiger partial charge on any atom is 0.410 e. The molecule has 2 unspecified atom stereocenters. The number of rotatable bonds is 5. The van der Waals surface area contributed by atoms with Crippen LogP contribution in [0.5, 0.6) is 0 Å². The van der Waals surface area contributed by atoms with Crippen molar-refractivity contribution in [3.63, 3.8) is 0 Å². The number of benzene rings is 2. The van der Waals surface area contributed by atoms with Crippen LogP contribution in [0.15, 0.2) is 54.6 Å². The second kappa shape index (κ2) is 8.06. The number of nitrogens with zero attached hydrogens (tertiary/aromatic N) is 1. The van der Waals surface area contributed by atoms with Crippen molar-refractivity contribution in [1.82, 2.24) is 4.90 Å². The highest BCUT2D eigenvalue weighted by molar-refractivity contribution is 7.92. The summed E-state index contributed by atoms with van der Waals surface area (Å²) in [4.78, 5) is 14.4. The van der Waals surface area contributed by atoms with E-state index in [1.807, 2.05) is 47.4 Å². The predicted molar refractivity (Wildman–Crippen MR) is 112 cm³/mol. The molecule has 4 rings (SSSR count). The van der Waals surface area contributed by atoms with Gasteiger partial charge in [0, 0.05) is 18.8 Å². The first-order valence-corrected chi connectivity index (χ1v) is 11.8. The standard InChI is InChI=1S/C22H26N2O4S/c1-29(26,27)23-20-9-5-8-17(12-20)21-18-10-11-19(21)14-24(13-18)22(25)28-15-16-6-3-2-4-7-16/h2-9,12,18-19,21,23H,10-11,13-15H2,1H3. The number of anilines is 1. The first-order chi connectivity index (χ1) is 13.9. The number of piperidine rings is 1. The molecule has 2 aromatic carbocycles. The molecule has 1 aliphatic carbocycles. The zero-order chi connectivity index (χ0) is 20.4. The van der Waals surface area contributed by atoms with Crippen molar-refractivity contribution >= 4 is 21.8 Å². The second-order valence-electron chi connectivity index (χ2n) is 8.07. The molecule has 2 atom stereocenters. The van der Waals surface area contributed by atoms with Gasteiger partial charge < -0.3 is 9.64 Å². The number of carbonyl (C=O) groups is 1. The molecule has 6 nitrogen and oxygen atoms in total. The van der Waals surface area contributed by atoms with Gasteiger partial charge in [-0.2, -0.15) is 0 Å². The maximum atomic E-state index is 12.6. The lowest BCUT2D eigenvalue weighted by Crippen LogP contribution is -2.44. The lowest BCUT2D eigenvalue weighted by molar-refractivity contribution is 0.0714. The molecule has 1 amide bonds. The summed E-state index contributed by atoms with van der Waals surface area (Å²) >= 11 is 0. The van der Waals surface area contributed by atoms with E-state index in [1.165, 1.54) is 0 Å². The van der Waals surface area contributed by atoms with Gasteiger partial charge in [-0.15, -0.1) is 0 Å². The highest BCUT2D eigenvalue weighted by Gasteiger charge is 2.44. The molecule has 1 heterocycles. The zero-order valence-electron chi connectivity index (χ0n) is 16.5. The second-order valence-corrected chi connectivity index (χ2v) is 9.82. The molecule has 1 aliphatic heterocycles. The average Bonchev–Trinajstić information content (AvgIpc) is 2.95. The van der Waals surface area contributed by atoms with Crippen LogP contribution < -0.4 is 4.72 Å². The van der Waals surface area contributed by atoms with Crippen LogP contribution in [-0.2, 0) is 21.4 Å². The summed E-state index contributed by atoms with van der Waals surface area (Å²) < 4.78 is 31.2. The predicted octanol–water partition coefficient (Wildman–Crippen LogP) is 3.82. The highest BCUT2D eigenvalue weighted by atomic mass is 32.2. The van der Waals surface area contributed by atoms with E-state index in [4.69, 9.17) is 4.74 Å².